The first kappa shape index (κ1) is 22.5. The molecule has 1 aromatic rings. The number of halogens is 2. The van der Waals surface area contributed by atoms with Crippen molar-refractivity contribution in [2.75, 3.05) is 39.4 Å². The molecule has 1 aliphatic heterocycles. The zero-order valence-electron chi connectivity index (χ0n) is 15.3. The van der Waals surface area contributed by atoms with Crippen LogP contribution in [0.3, 0.4) is 0 Å². The minimum Gasteiger partial charge on any atom is -0.379 e. The van der Waals surface area contributed by atoms with Crippen LogP contribution in [0.5, 0.6) is 0 Å². The molecule has 2 N–H and O–H groups in total. The molecule has 25 heavy (non-hydrogen) atoms. The van der Waals surface area contributed by atoms with Crippen molar-refractivity contribution in [2.45, 2.75) is 32.9 Å². The second-order valence-corrected chi connectivity index (χ2v) is 6.67. The first-order valence-corrected chi connectivity index (χ1v) is 9.10. The molecule has 0 radical (unpaired) electrons. The van der Waals surface area contributed by atoms with Crippen molar-refractivity contribution < 1.29 is 4.74 Å². The molecule has 0 saturated carbocycles. The van der Waals surface area contributed by atoms with Gasteiger partial charge in [0.15, 0.2) is 5.96 Å². The number of nitrogens with zero attached hydrogens (tertiary/aromatic N) is 2. The lowest BCUT2D eigenvalue weighted by Gasteiger charge is -2.34. The Balaban J connectivity index is 0.00000312. The molecule has 0 aliphatic carbocycles. The molecule has 5 nitrogen and oxygen atoms in total. The highest BCUT2D eigenvalue weighted by atomic mass is 127. The average Bonchev–Trinajstić information content (AvgIpc) is 2.57. The Morgan fingerprint density at radius 1 is 1.24 bits per heavy atom. The smallest absolute Gasteiger partial charge is 0.191 e. The molecule has 7 heteroatoms. The van der Waals surface area contributed by atoms with E-state index < -0.39 is 0 Å². The van der Waals surface area contributed by atoms with Gasteiger partial charge in [-0.2, -0.15) is 0 Å². The van der Waals surface area contributed by atoms with E-state index in [4.69, 9.17) is 21.3 Å². The van der Waals surface area contributed by atoms with E-state index in [9.17, 15) is 0 Å². The van der Waals surface area contributed by atoms with Crippen LogP contribution in [0.15, 0.2) is 29.3 Å². The molecule has 0 aromatic heterocycles. The molecule has 1 unspecified atom stereocenters. The monoisotopic (exact) mass is 480 g/mol. The zero-order chi connectivity index (χ0) is 17.4. The molecule has 1 heterocycles. The van der Waals surface area contributed by atoms with E-state index in [1.54, 1.807) is 0 Å². The van der Waals surface area contributed by atoms with Gasteiger partial charge in [0, 0.05) is 30.7 Å². The van der Waals surface area contributed by atoms with Gasteiger partial charge in [-0.25, -0.2) is 0 Å². The third kappa shape index (κ3) is 7.68. The maximum absolute atomic E-state index is 6.05. The van der Waals surface area contributed by atoms with E-state index in [0.717, 1.165) is 43.8 Å². The number of ether oxygens (including phenoxy) is 1. The fraction of sp³-hybridized carbons (Fsp3) is 0.611. The summed E-state index contributed by atoms with van der Waals surface area (Å²) in [5, 5.41) is 7.44. The van der Waals surface area contributed by atoms with Gasteiger partial charge in [0.05, 0.1) is 25.8 Å². The predicted molar refractivity (Wildman–Crippen MR) is 116 cm³/mol. The van der Waals surface area contributed by atoms with Gasteiger partial charge in [-0.05, 0) is 38.5 Å². The van der Waals surface area contributed by atoms with E-state index in [-0.39, 0.29) is 30.0 Å². The largest absolute Gasteiger partial charge is 0.379 e. The van der Waals surface area contributed by atoms with Crippen LogP contribution in [0.4, 0.5) is 0 Å². The highest BCUT2D eigenvalue weighted by Gasteiger charge is 2.22. The summed E-state index contributed by atoms with van der Waals surface area (Å²) in [5.41, 5.74) is 1.24. The van der Waals surface area contributed by atoms with Crippen molar-refractivity contribution in [3.63, 3.8) is 0 Å². The summed E-state index contributed by atoms with van der Waals surface area (Å²) in [4.78, 5) is 7.25. The minimum atomic E-state index is 0. The van der Waals surface area contributed by atoms with Crippen molar-refractivity contribution in [2.24, 2.45) is 4.99 Å². The summed E-state index contributed by atoms with van der Waals surface area (Å²) in [7, 11) is 0. The SMILES string of the molecule is CCNC(=NCC(c1ccc(Cl)cc1)N1CCOCC1)NC(C)C.I. The zero-order valence-corrected chi connectivity index (χ0v) is 18.4. The fourth-order valence-corrected chi connectivity index (χ4v) is 2.90. The molecule has 142 valence electrons. The Labute approximate surface area is 173 Å². The van der Waals surface area contributed by atoms with Crippen LogP contribution >= 0.6 is 35.6 Å². The Morgan fingerprint density at radius 2 is 1.88 bits per heavy atom. The lowest BCUT2D eigenvalue weighted by Crippen LogP contribution is -2.43. The molecule has 0 amide bonds. The minimum absolute atomic E-state index is 0. The van der Waals surface area contributed by atoms with Gasteiger partial charge in [-0.1, -0.05) is 23.7 Å². The molecular weight excluding hydrogens is 451 g/mol. The Hall–Kier alpha value is -0.570. The highest BCUT2D eigenvalue weighted by molar-refractivity contribution is 14.0. The standard InChI is InChI=1S/C18H29ClN4O.HI/c1-4-20-18(22-14(2)3)21-13-17(23-9-11-24-12-10-23)15-5-7-16(19)8-6-15;/h5-8,14,17H,4,9-13H2,1-3H3,(H2,20,21,22);1H. The molecule has 1 aromatic carbocycles. The van der Waals surface area contributed by atoms with Crippen molar-refractivity contribution in [1.82, 2.24) is 15.5 Å². The quantitative estimate of drug-likeness (QED) is 0.373. The maximum Gasteiger partial charge on any atom is 0.191 e. The lowest BCUT2D eigenvalue weighted by molar-refractivity contribution is 0.0179. The first-order valence-electron chi connectivity index (χ1n) is 8.72. The van der Waals surface area contributed by atoms with Gasteiger partial charge in [-0.15, -0.1) is 24.0 Å². The Kier molecular flexibility index (Phi) is 10.7. The van der Waals surface area contributed by atoms with E-state index >= 15 is 0 Å². The van der Waals surface area contributed by atoms with Crippen LogP contribution in [0, 0.1) is 0 Å². The normalized spacial score (nSPS) is 17.1. The van der Waals surface area contributed by atoms with Crippen molar-refractivity contribution in [1.29, 1.82) is 0 Å². The summed E-state index contributed by atoms with van der Waals surface area (Å²) in [6, 6.07) is 8.67. The third-order valence-electron chi connectivity index (χ3n) is 3.93. The van der Waals surface area contributed by atoms with Crippen LogP contribution in [0.1, 0.15) is 32.4 Å². The van der Waals surface area contributed by atoms with Crippen LogP contribution in [-0.4, -0.2) is 56.3 Å². The predicted octanol–water partition coefficient (Wildman–Crippen LogP) is 3.29. The molecule has 1 fully saturated rings. The number of benzene rings is 1. The Morgan fingerprint density at radius 3 is 2.44 bits per heavy atom. The molecule has 2 rings (SSSR count). The van der Waals surface area contributed by atoms with Crippen molar-refractivity contribution >= 4 is 41.5 Å². The molecule has 1 saturated heterocycles. The number of nitrogens with one attached hydrogen (secondary N) is 2. The number of aliphatic imine (C=N–C) groups is 1. The number of hydrogen-bond donors (Lipinski definition) is 2. The van der Waals surface area contributed by atoms with Crippen molar-refractivity contribution in [3.05, 3.63) is 34.9 Å². The summed E-state index contributed by atoms with van der Waals surface area (Å²) < 4.78 is 5.50. The average molecular weight is 481 g/mol. The van der Waals surface area contributed by atoms with E-state index in [2.05, 4.69) is 48.4 Å². The number of guanidine groups is 1. The van der Waals surface area contributed by atoms with Gasteiger partial charge in [0.1, 0.15) is 0 Å². The topological polar surface area (TPSA) is 48.9 Å². The fourth-order valence-electron chi connectivity index (χ4n) is 2.78. The molecular formula is C18H30ClIN4O. The maximum atomic E-state index is 6.05. The van der Waals surface area contributed by atoms with Gasteiger partial charge in [0.2, 0.25) is 0 Å². The van der Waals surface area contributed by atoms with Gasteiger partial charge in [-0.3, -0.25) is 9.89 Å². The van der Waals surface area contributed by atoms with E-state index in [1.807, 2.05) is 12.1 Å². The summed E-state index contributed by atoms with van der Waals surface area (Å²) >= 11 is 6.05. The summed E-state index contributed by atoms with van der Waals surface area (Å²) in [6.45, 7) is 11.3. The first-order chi connectivity index (χ1) is 11.6. The van der Waals surface area contributed by atoms with Crippen LogP contribution in [-0.2, 0) is 4.74 Å². The van der Waals surface area contributed by atoms with E-state index in [0.29, 0.717) is 12.6 Å². The lowest BCUT2D eigenvalue weighted by atomic mass is 10.0. The van der Waals surface area contributed by atoms with Gasteiger partial charge < -0.3 is 15.4 Å². The summed E-state index contributed by atoms with van der Waals surface area (Å²) in [5.74, 6) is 0.861. The summed E-state index contributed by atoms with van der Waals surface area (Å²) in [6.07, 6.45) is 0. The number of morpholine rings is 1. The molecule has 1 atom stereocenters. The van der Waals surface area contributed by atoms with Crippen LogP contribution < -0.4 is 10.6 Å². The third-order valence-corrected chi connectivity index (χ3v) is 4.19. The van der Waals surface area contributed by atoms with Crippen LogP contribution in [0.25, 0.3) is 0 Å². The second kappa shape index (κ2) is 11.9. The van der Waals surface area contributed by atoms with Gasteiger partial charge >= 0.3 is 0 Å². The number of hydrogen-bond acceptors (Lipinski definition) is 3. The second-order valence-electron chi connectivity index (χ2n) is 6.23. The molecule has 0 bridgehead atoms. The molecule has 0 spiro atoms. The Bertz CT molecular complexity index is 518. The molecule has 1 aliphatic rings. The van der Waals surface area contributed by atoms with Gasteiger partial charge in [0.25, 0.3) is 0 Å². The number of rotatable bonds is 6. The van der Waals surface area contributed by atoms with Crippen molar-refractivity contribution in [3.8, 4) is 0 Å². The van der Waals surface area contributed by atoms with E-state index in [1.165, 1.54) is 5.56 Å². The van der Waals surface area contributed by atoms with Crippen LogP contribution in [0.2, 0.25) is 5.02 Å². The highest BCUT2D eigenvalue weighted by Crippen LogP contribution is 2.24.